The van der Waals surface area contributed by atoms with Crippen molar-refractivity contribution in [2.45, 2.75) is 51.9 Å². The quantitative estimate of drug-likeness (QED) is 0.808. The molecule has 4 unspecified atom stereocenters. The Balaban J connectivity index is 1.77. The molecule has 2 N–H and O–H groups in total. The van der Waals surface area contributed by atoms with Gasteiger partial charge in [0, 0.05) is 19.1 Å². The third kappa shape index (κ3) is 3.47. The molecule has 104 valence electrons. The first-order valence-corrected chi connectivity index (χ1v) is 7.59. The minimum absolute atomic E-state index is 0.148. The molecule has 2 fully saturated rings. The number of aliphatic hydroxyl groups excluding tert-OH is 1. The SMILES string of the molecule is CC(CO)CNC(=O)C1CCC2CCCCC2C1. The van der Waals surface area contributed by atoms with Crippen LogP contribution in [-0.4, -0.2) is 24.2 Å². The molecule has 2 aliphatic rings. The average Bonchev–Trinajstić information content (AvgIpc) is 2.43. The largest absolute Gasteiger partial charge is 0.396 e. The molecule has 0 spiro atoms. The number of hydrogen-bond acceptors (Lipinski definition) is 2. The van der Waals surface area contributed by atoms with Gasteiger partial charge in [-0.15, -0.1) is 0 Å². The van der Waals surface area contributed by atoms with Crippen molar-refractivity contribution in [3.63, 3.8) is 0 Å². The number of carbonyl (C=O) groups excluding carboxylic acids is 1. The van der Waals surface area contributed by atoms with E-state index in [1.807, 2.05) is 6.92 Å². The predicted molar refractivity (Wildman–Crippen MR) is 72.0 cm³/mol. The molecule has 2 aliphatic carbocycles. The Morgan fingerprint density at radius 3 is 2.67 bits per heavy atom. The van der Waals surface area contributed by atoms with E-state index in [9.17, 15) is 4.79 Å². The van der Waals surface area contributed by atoms with Crippen LogP contribution >= 0.6 is 0 Å². The van der Waals surface area contributed by atoms with E-state index < -0.39 is 0 Å². The number of rotatable bonds is 4. The minimum atomic E-state index is 0.148. The Bertz CT molecular complexity index is 280. The number of aliphatic hydroxyl groups is 1. The van der Waals surface area contributed by atoms with E-state index in [1.54, 1.807) is 0 Å². The Hall–Kier alpha value is -0.570. The van der Waals surface area contributed by atoms with Crippen LogP contribution in [0, 0.1) is 23.7 Å². The van der Waals surface area contributed by atoms with Crippen molar-refractivity contribution >= 4 is 5.91 Å². The Morgan fingerprint density at radius 1 is 1.22 bits per heavy atom. The third-order valence-electron chi connectivity index (χ3n) is 4.85. The summed E-state index contributed by atoms with van der Waals surface area (Å²) in [6.45, 7) is 2.72. The maximum Gasteiger partial charge on any atom is 0.223 e. The van der Waals surface area contributed by atoms with Gasteiger partial charge in [0.25, 0.3) is 0 Å². The standard InChI is InChI=1S/C15H27NO2/c1-11(10-17)9-16-15(18)14-7-6-12-4-2-3-5-13(12)8-14/h11-14,17H,2-10H2,1H3,(H,16,18). The summed E-state index contributed by atoms with van der Waals surface area (Å²) in [4.78, 5) is 12.1. The van der Waals surface area contributed by atoms with Crippen LogP contribution in [0.2, 0.25) is 0 Å². The average molecular weight is 253 g/mol. The van der Waals surface area contributed by atoms with Crippen molar-refractivity contribution in [3.05, 3.63) is 0 Å². The molecule has 0 radical (unpaired) electrons. The molecule has 3 nitrogen and oxygen atoms in total. The van der Waals surface area contributed by atoms with E-state index in [4.69, 9.17) is 5.11 Å². The number of carbonyl (C=O) groups is 1. The van der Waals surface area contributed by atoms with Gasteiger partial charge in [0.15, 0.2) is 0 Å². The monoisotopic (exact) mass is 253 g/mol. The highest BCUT2D eigenvalue weighted by Gasteiger charge is 2.34. The first-order valence-electron chi connectivity index (χ1n) is 7.59. The second-order valence-corrected chi connectivity index (χ2v) is 6.35. The molecule has 2 saturated carbocycles. The molecule has 2 rings (SSSR count). The molecule has 0 aromatic heterocycles. The van der Waals surface area contributed by atoms with Gasteiger partial charge in [0.2, 0.25) is 5.91 Å². The molecule has 1 amide bonds. The highest BCUT2D eigenvalue weighted by Crippen LogP contribution is 2.42. The van der Waals surface area contributed by atoms with Crippen molar-refractivity contribution in [2.24, 2.45) is 23.7 Å². The molecule has 0 bridgehead atoms. The topological polar surface area (TPSA) is 49.3 Å². The summed E-state index contributed by atoms with van der Waals surface area (Å²) in [5, 5.41) is 12.0. The fourth-order valence-corrected chi connectivity index (χ4v) is 3.60. The molecule has 0 aliphatic heterocycles. The molecular weight excluding hydrogens is 226 g/mol. The second kappa shape index (κ2) is 6.55. The lowest BCUT2D eigenvalue weighted by atomic mass is 9.67. The van der Waals surface area contributed by atoms with Crippen LogP contribution in [0.15, 0.2) is 0 Å². The van der Waals surface area contributed by atoms with Gasteiger partial charge in [-0.05, 0) is 37.0 Å². The summed E-state index contributed by atoms with van der Waals surface area (Å²) < 4.78 is 0. The zero-order valence-corrected chi connectivity index (χ0v) is 11.5. The summed E-state index contributed by atoms with van der Waals surface area (Å²) in [5.41, 5.74) is 0. The van der Waals surface area contributed by atoms with E-state index in [0.29, 0.717) is 6.54 Å². The maximum atomic E-state index is 12.1. The normalized spacial score (nSPS) is 33.6. The number of amides is 1. The van der Waals surface area contributed by atoms with Crippen LogP contribution < -0.4 is 5.32 Å². The summed E-state index contributed by atoms with van der Waals surface area (Å²) in [6, 6.07) is 0. The number of nitrogens with one attached hydrogen (secondary N) is 1. The molecule has 18 heavy (non-hydrogen) atoms. The molecule has 0 heterocycles. The first kappa shape index (κ1) is 13.9. The molecule has 0 aromatic rings. The summed E-state index contributed by atoms with van der Waals surface area (Å²) >= 11 is 0. The van der Waals surface area contributed by atoms with Crippen molar-refractivity contribution in [2.75, 3.05) is 13.2 Å². The minimum Gasteiger partial charge on any atom is -0.396 e. The lowest BCUT2D eigenvalue weighted by molar-refractivity contribution is -0.127. The highest BCUT2D eigenvalue weighted by atomic mass is 16.3. The van der Waals surface area contributed by atoms with E-state index >= 15 is 0 Å². The van der Waals surface area contributed by atoms with E-state index in [-0.39, 0.29) is 24.3 Å². The Labute approximate surface area is 110 Å². The molecule has 3 heteroatoms. The molecule has 0 saturated heterocycles. The number of hydrogen-bond donors (Lipinski definition) is 2. The van der Waals surface area contributed by atoms with Crippen LogP contribution in [0.4, 0.5) is 0 Å². The summed E-state index contributed by atoms with van der Waals surface area (Å²) in [5.74, 6) is 2.33. The van der Waals surface area contributed by atoms with Gasteiger partial charge >= 0.3 is 0 Å². The third-order valence-corrected chi connectivity index (χ3v) is 4.85. The van der Waals surface area contributed by atoms with Crippen molar-refractivity contribution in [1.82, 2.24) is 5.32 Å². The lowest BCUT2D eigenvalue weighted by Crippen LogP contribution is -2.39. The molecule has 4 atom stereocenters. The van der Waals surface area contributed by atoms with Gasteiger partial charge in [-0.1, -0.05) is 32.6 Å². The van der Waals surface area contributed by atoms with Gasteiger partial charge < -0.3 is 10.4 Å². The van der Waals surface area contributed by atoms with Crippen molar-refractivity contribution in [1.29, 1.82) is 0 Å². The zero-order chi connectivity index (χ0) is 13.0. The summed E-state index contributed by atoms with van der Waals surface area (Å²) in [7, 11) is 0. The van der Waals surface area contributed by atoms with Gasteiger partial charge in [0.1, 0.15) is 0 Å². The van der Waals surface area contributed by atoms with Crippen LogP contribution in [0.25, 0.3) is 0 Å². The van der Waals surface area contributed by atoms with Crippen LogP contribution in [0.3, 0.4) is 0 Å². The predicted octanol–water partition coefficient (Wildman–Crippen LogP) is 2.34. The Morgan fingerprint density at radius 2 is 1.94 bits per heavy atom. The van der Waals surface area contributed by atoms with Crippen LogP contribution in [0.1, 0.15) is 51.9 Å². The van der Waals surface area contributed by atoms with Gasteiger partial charge in [-0.2, -0.15) is 0 Å². The fourth-order valence-electron chi connectivity index (χ4n) is 3.60. The van der Waals surface area contributed by atoms with Gasteiger partial charge in [0.05, 0.1) is 0 Å². The van der Waals surface area contributed by atoms with Gasteiger partial charge in [-0.25, -0.2) is 0 Å². The van der Waals surface area contributed by atoms with E-state index in [0.717, 1.165) is 24.7 Å². The Kier molecular flexibility index (Phi) is 5.04. The maximum absolute atomic E-state index is 12.1. The zero-order valence-electron chi connectivity index (χ0n) is 11.5. The highest BCUT2D eigenvalue weighted by molar-refractivity contribution is 5.78. The van der Waals surface area contributed by atoms with Crippen LogP contribution in [-0.2, 0) is 4.79 Å². The van der Waals surface area contributed by atoms with Gasteiger partial charge in [-0.3, -0.25) is 4.79 Å². The number of fused-ring (bicyclic) bond motifs is 1. The lowest BCUT2D eigenvalue weighted by Gasteiger charge is -2.38. The van der Waals surface area contributed by atoms with E-state index in [1.165, 1.54) is 32.1 Å². The fraction of sp³-hybridized carbons (Fsp3) is 0.933. The smallest absolute Gasteiger partial charge is 0.223 e. The molecule has 0 aromatic carbocycles. The molecular formula is C15H27NO2. The van der Waals surface area contributed by atoms with Crippen LogP contribution in [0.5, 0.6) is 0 Å². The second-order valence-electron chi connectivity index (χ2n) is 6.35. The first-order chi connectivity index (χ1) is 8.70. The summed E-state index contributed by atoms with van der Waals surface area (Å²) in [6.07, 6.45) is 8.90. The van der Waals surface area contributed by atoms with Crippen molar-refractivity contribution < 1.29 is 9.90 Å². The van der Waals surface area contributed by atoms with E-state index in [2.05, 4.69) is 5.32 Å². The van der Waals surface area contributed by atoms with Crippen molar-refractivity contribution in [3.8, 4) is 0 Å².